The van der Waals surface area contributed by atoms with Crippen LogP contribution in [0.3, 0.4) is 0 Å². The molecule has 92 valence electrons. The molecule has 3 nitrogen and oxygen atoms in total. The van der Waals surface area contributed by atoms with Gasteiger partial charge in [-0.1, -0.05) is 37.1 Å². The Hall–Kier alpha value is -1.35. The summed E-state index contributed by atoms with van der Waals surface area (Å²) < 4.78 is 0. The number of rotatable bonds is 4. The van der Waals surface area contributed by atoms with Crippen LogP contribution in [-0.4, -0.2) is 11.0 Å². The quantitative estimate of drug-likeness (QED) is 0.835. The van der Waals surface area contributed by atoms with E-state index in [9.17, 15) is 4.79 Å². The lowest BCUT2D eigenvalue weighted by molar-refractivity contribution is -0.124. The lowest BCUT2D eigenvalue weighted by Crippen LogP contribution is -2.28. The van der Waals surface area contributed by atoms with Crippen molar-refractivity contribution in [2.75, 3.05) is 0 Å². The molecule has 0 atom stereocenters. The van der Waals surface area contributed by atoms with Gasteiger partial charge in [0.25, 0.3) is 0 Å². The number of hydrogen-bond acceptors (Lipinski definition) is 2. The monoisotopic (exact) mass is 233 g/mol. The van der Waals surface area contributed by atoms with Gasteiger partial charge < -0.3 is 10.4 Å². The van der Waals surface area contributed by atoms with Gasteiger partial charge in [0.2, 0.25) is 5.91 Å². The maximum Gasteiger partial charge on any atom is 0.223 e. The summed E-state index contributed by atoms with van der Waals surface area (Å²) >= 11 is 0. The van der Waals surface area contributed by atoms with E-state index >= 15 is 0 Å². The molecule has 2 N–H and O–H groups in total. The van der Waals surface area contributed by atoms with Crippen molar-refractivity contribution in [1.82, 2.24) is 5.32 Å². The van der Waals surface area contributed by atoms with Crippen molar-refractivity contribution in [2.24, 2.45) is 5.92 Å². The number of aliphatic hydroxyl groups excluding tert-OH is 1. The van der Waals surface area contributed by atoms with Gasteiger partial charge in [-0.3, -0.25) is 4.79 Å². The first-order valence-corrected chi connectivity index (χ1v) is 6.26. The molecule has 1 aliphatic rings. The molecule has 0 heterocycles. The maximum absolute atomic E-state index is 11.8. The van der Waals surface area contributed by atoms with Gasteiger partial charge in [0.05, 0.1) is 6.61 Å². The van der Waals surface area contributed by atoms with Gasteiger partial charge in [-0.05, 0) is 24.0 Å². The second kappa shape index (κ2) is 5.82. The predicted molar refractivity (Wildman–Crippen MR) is 66.2 cm³/mol. The molecule has 0 aliphatic heterocycles. The molecular formula is C14H19NO2. The molecule has 1 aliphatic carbocycles. The van der Waals surface area contributed by atoms with Crippen LogP contribution in [0.4, 0.5) is 0 Å². The second-order valence-corrected chi connectivity index (χ2v) is 4.67. The molecule has 1 aromatic carbocycles. The van der Waals surface area contributed by atoms with E-state index in [4.69, 9.17) is 5.11 Å². The van der Waals surface area contributed by atoms with E-state index in [1.807, 2.05) is 24.3 Å². The summed E-state index contributed by atoms with van der Waals surface area (Å²) in [7, 11) is 0. The highest BCUT2D eigenvalue weighted by Gasteiger charge is 2.21. The van der Waals surface area contributed by atoms with Crippen LogP contribution in [0.25, 0.3) is 0 Å². The molecule has 1 amide bonds. The third-order valence-electron chi connectivity index (χ3n) is 3.40. The van der Waals surface area contributed by atoms with Crippen molar-refractivity contribution < 1.29 is 9.90 Å². The number of carbonyl (C=O) groups excluding carboxylic acids is 1. The minimum absolute atomic E-state index is 0.0642. The number of carbonyl (C=O) groups is 1. The molecule has 1 saturated carbocycles. The number of amides is 1. The Morgan fingerprint density at radius 3 is 2.35 bits per heavy atom. The van der Waals surface area contributed by atoms with Crippen molar-refractivity contribution in [1.29, 1.82) is 0 Å². The first-order chi connectivity index (χ1) is 8.29. The average Bonchev–Trinajstić information content (AvgIpc) is 2.90. The first-order valence-electron chi connectivity index (χ1n) is 6.26. The van der Waals surface area contributed by atoms with Crippen molar-refractivity contribution in [2.45, 2.75) is 38.8 Å². The van der Waals surface area contributed by atoms with E-state index in [2.05, 4.69) is 5.32 Å². The van der Waals surface area contributed by atoms with E-state index in [0.717, 1.165) is 24.0 Å². The van der Waals surface area contributed by atoms with E-state index in [-0.39, 0.29) is 18.4 Å². The molecule has 0 unspecified atom stereocenters. The Morgan fingerprint density at radius 2 is 1.76 bits per heavy atom. The van der Waals surface area contributed by atoms with E-state index in [0.29, 0.717) is 6.54 Å². The second-order valence-electron chi connectivity index (χ2n) is 4.67. The third-order valence-corrected chi connectivity index (χ3v) is 3.40. The van der Waals surface area contributed by atoms with Gasteiger partial charge in [0, 0.05) is 12.5 Å². The van der Waals surface area contributed by atoms with Gasteiger partial charge in [-0.25, -0.2) is 0 Å². The lowest BCUT2D eigenvalue weighted by atomic mass is 10.1. The number of aliphatic hydroxyl groups is 1. The SMILES string of the molecule is O=C(NCc1ccc(CO)cc1)C1CCCC1. The molecule has 0 bridgehead atoms. The maximum atomic E-state index is 11.8. The Morgan fingerprint density at radius 1 is 1.18 bits per heavy atom. The van der Waals surface area contributed by atoms with Crippen molar-refractivity contribution in [3.8, 4) is 0 Å². The van der Waals surface area contributed by atoms with Crippen LogP contribution in [0.5, 0.6) is 0 Å². The van der Waals surface area contributed by atoms with E-state index in [1.165, 1.54) is 12.8 Å². The lowest BCUT2D eigenvalue weighted by Gasteiger charge is -2.10. The zero-order valence-electron chi connectivity index (χ0n) is 9.98. The smallest absolute Gasteiger partial charge is 0.223 e. The van der Waals surface area contributed by atoms with Crippen molar-refractivity contribution in [3.05, 3.63) is 35.4 Å². The van der Waals surface area contributed by atoms with Crippen LogP contribution in [0.1, 0.15) is 36.8 Å². The van der Waals surface area contributed by atoms with Gasteiger partial charge in [0.1, 0.15) is 0 Å². The highest BCUT2D eigenvalue weighted by molar-refractivity contribution is 5.78. The molecule has 1 fully saturated rings. The first kappa shape index (κ1) is 12.1. The molecule has 1 aromatic rings. The van der Waals surface area contributed by atoms with Crippen LogP contribution in [-0.2, 0) is 17.9 Å². The summed E-state index contributed by atoms with van der Waals surface area (Å²) in [4.78, 5) is 11.8. The van der Waals surface area contributed by atoms with E-state index in [1.54, 1.807) is 0 Å². The number of hydrogen-bond donors (Lipinski definition) is 2. The highest BCUT2D eigenvalue weighted by Crippen LogP contribution is 2.24. The molecule has 2 rings (SSSR count). The standard InChI is InChI=1S/C14H19NO2/c16-10-12-7-5-11(6-8-12)9-15-14(17)13-3-1-2-4-13/h5-8,13,16H,1-4,9-10H2,(H,15,17). The van der Waals surface area contributed by atoms with Crippen LogP contribution in [0.15, 0.2) is 24.3 Å². The Balaban J connectivity index is 1.82. The third kappa shape index (κ3) is 3.30. The summed E-state index contributed by atoms with van der Waals surface area (Å²) in [6.07, 6.45) is 4.44. The largest absolute Gasteiger partial charge is 0.392 e. The van der Waals surface area contributed by atoms with Crippen LogP contribution in [0, 0.1) is 5.92 Å². The zero-order valence-corrected chi connectivity index (χ0v) is 9.98. The van der Waals surface area contributed by atoms with Crippen LogP contribution >= 0.6 is 0 Å². The topological polar surface area (TPSA) is 49.3 Å². The number of nitrogens with one attached hydrogen (secondary N) is 1. The summed E-state index contributed by atoms with van der Waals surface area (Å²) in [6, 6.07) is 7.66. The molecule has 0 aromatic heterocycles. The molecular weight excluding hydrogens is 214 g/mol. The molecule has 0 saturated heterocycles. The molecule has 17 heavy (non-hydrogen) atoms. The molecule has 0 radical (unpaired) electrons. The van der Waals surface area contributed by atoms with Gasteiger partial charge in [-0.15, -0.1) is 0 Å². The average molecular weight is 233 g/mol. The molecule has 3 heteroatoms. The Kier molecular flexibility index (Phi) is 4.15. The number of benzene rings is 1. The summed E-state index contributed by atoms with van der Waals surface area (Å²) in [6.45, 7) is 0.649. The van der Waals surface area contributed by atoms with Crippen LogP contribution < -0.4 is 5.32 Å². The Bertz CT molecular complexity index is 366. The van der Waals surface area contributed by atoms with Crippen molar-refractivity contribution in [3.63, 3.8) is 0 Å². The van der Waals surface area contributed by atoms with Gasteiger partial charge in [0.15, 0.2) is 0 Å². The predicted octanol–water partition coefficient (Wildman–Crippen LogP) is 1.99. The van der Waals surface area contributed by atoms with Crippen molar-refractivity contribution >= 4 is 5.91 Å². The van der Waals surface area contributed by atoms with Crippen LogP contribution in [0.2, 0.25) is 0 Å². The minimum Gasteiger partial charge on any atom is -0.392 e. The summed E-state index contributed by atoms with van der Waals surface area (Å²) in [5.41, 5.74) is 1.98. The summed E-state index contributed by atoms with van der Waals surface area (Å²) in [5, 5.41) is 11.9. The minimum atomic E-state index is 0.0642. The fourth-order valence-corrected chi connectivity index (χ4v) is 2.28. The highest BCUT2D eigenvalue weighted by atomic mass is 16.3. The fraction of sp³-hybridized carbons (Fsp3) is 0.500. The fourth-order valence-electron chi connectivity index (χ4n) is 2.28. The Labute approximate surface area is 102 Å². The van der Waals surface area contributed by atoms with Gasteiger partial charge >= 0.3 is 0 Å². The normalized spacial score (nSPS) is 16.1. The van der Waals surface area contributed by atoms with Gasteiger partial charge in [-0.2, -0.15) is 0 Å². The summed E-state index contributed by atoms with van der Waals surface area (Å²) in [5.74, 6) is 0.417. The molecule has 0 spiro atoms. The zero-order chi connectivity index (χ0) is 12.1. The van der Waals surface area contributed by atoms with E-state index < -0.39 is 0 Å².